The maximum absolute atomic E-state index is 12.7. The van der Waals surface area contributed by atoms with Gasteiger partial charge in [0, 0.05) is 31.2 Å². The SMILES string of the molecule is CCCN(Cc1ccc(N)cc1)S(=O)(=O)c1cccnc1. The van der Waals surface area contributed by atoms with Crippen molar-refractivity contribution < 1.29 is 8.42 Å². The average molecular weight is 305 g/mol. The van der Waals surface area contributed by atoms with E-state index in [-0.39, 0.29) is 4.90 Å². The van der Waals surface area contributed by atoms with Crippen LogP contribution >= 0.6 is 0 Å². The van der Waals surface area contributed by atoms with Crippen LogP contribution in [0, 0.1) is 0 Å². The van der Waals surface area contributed by atoms with E-state index in [0.29, 0.717) is 18.8 Å². The molecule has 0 aliphatic rings. The lowest BCUT2D eigenvalue weighted by atomic mass is 10.2. The number of nitrogens with two attached hydrogens (primary N) is 1. The zero-order valence-corrected chi connectivity index (χ0v) is 12.8. The van der Waals surface area contributed by atoms with Gasteiger partial charge in [0.25, 0.3) is 0 Å². The average Bonchev–Trinajstić information content (AvgIpc) is 2.50. The first-order valence-electron chi connectivity index (χ1n) is 6.78. The molecule has 5 nitrogen and oxygen atoms in total. The molecule has 0 aliphatic carbocycles. The van der Waals surface area contributed by atoms with Gasteiger partial charge in [-0.1, -0.05) is 19.1 Å². The first-order chi connectivity index (χ1) is 10.0. The fourth-order valence-corrected chi connectivity index (χ4v) is 3.49. The molecule has 2 aromatic rings. The summed E-state index contributed by atoms with van der Waals surface area (Å²) in [4.78, 5) is 4.11. The summed E-state index contributed by atoms with van der Waals surface area (Å²) in [6.07, 6.45) is 3.68. The number of anilines is 1. The van der Waals surface area contributed by atoms with Crippen LogP contribution in [0.4, 0.5) is 5.69 Å². The minimum atomic E-state index is -3.53. The molecule has 0 fully saturated rings. The van der Waals surface area contributed by atoms with E-state index in [4.69, 9.17) is 5.73 Å². The summed E-state index contributed by atoms with van der Waals surface area (Å²) in [5, 5.41) is 0. The number of hydrogen-bond donors (Lipinski definition) is 1. The second-order valence-corrected chi connectivity index (χ2v) is 6.71. The molecular weight excluding hydrogens is 286 g/mol. The lowest BCUT2D eigenvalue weighted by molar-refractivity contribution is 0.405. The Bertz CT molecular complexity index is 670. The number of benzene rings is 1. The van der Waals surface area contributed by atoms with Gasteiger partial charge in [-0.3, -0.25) is 4.98 Å². The van der Waals surface area contributed by atoms with E-state index in [1.165, 1.54) is 10.5 Å². The second kappa shape index (κ2) is 6.69. The molecule has 1 aromatic carbocycles. The normalized spacial score (nSPS) is 11.7. The van der Waals surface area contributed by atoms with E-state index in [1.807, 2.05) is 19.1 Å². The third-order valence-corrected chi connectivity index (χ3v) is 4.91. The Balaban J connectivity index is 2.28. The molecule has 0 saturated heterocycles. The van der Waals surface area contributed by atoms with E-state index in [2.05, 4.69) is 4.98 Å². The molecule has 0 radical (unpaired) electrons. The van der Waals surface area contributed by atoms with Gasteiger partial charge in [0.2, 0.25) is 10.0 Å². The standard InChI is InChI=1S/C15H19N3O2S/c1-2-10-18(12-13-5-7-14(16)8-6-13)21(19,20)15-4-3-9-17-11-15/h3-9,11H,2,10,12,16H2,1H3. The van der Waals surface area contributed by atoms with Crippen molar-refractivity contribution in [3.8, 4) is 0 Å². The molecule has 0 aliphatic heterocycles. The molecule has 0 spiro atoms. The van der Waals surface area contributed by atoms with E-state index in [9.17, 15) is 8.42 Å². The highest BCUT2D eigenvalue weighted by atomic mass is 32.2. The fourth-order valence-electron chi connectivity index (χ4n) is 2.01. The highest BCUT2D eigenvalue weighted by Gasteiger charge is 2.23. The molecule has 112 valence electrons. The van der Waals surface area contributed by atoms with Crippen molar-refractivity contribution >= 4 is 15.7 Å². The number of nitrogen functional groups attached to an aromatic ring is 1. The van der Waals surface area contributed by atoms with Crippen LogP contribution in [0.2, 0.25) is 0 Å². The van der Waals surface area contributed by atoms with Gasteiger partial charge < -0.3 is 5.73 Å². The van der Waals surface area contributed by atoms with Crippen LogP contribution in [0.3, 0.4) is 0 Å². The zero-order valence-electron chi connectivity index (χ0n) is 11.9. The largest absolute Gasteiger partial charge is 0.399 e. The first kappa shape index (κ1) is 15.5. The number of aromatic nitrogens is 1. The molecule has 6 heteroatoms. The minimum Gasteiger partial charge on any atom is -0.399 e. The van der Waals surface area contributed by atoms with Crippen molar-refractivity contribution in [2.75, 3.05) is 12.3 Å². The molecule has 0 bridgehead atoms. The van der Waals surface area contributed by atoms with Crippen molar-refractivity contribution in [1.82, 2.24) is 9.29 Å². The van der Waals surface area contributed by atoms with Crippen molar-refractivity contribution in [2.45, 2.75) is 24.8 Å². The third kappa shape index (κ3) is 3.80. The monoisotopic (exact) mass is 305 g/mol. The molecule has 0 saturated carbocycles. The van der Waals surface area contributed by atoms with Crippen LogP contribution < -0.4 is 5.73 Å². The van der Waals surface area contributed by atoms with Gasteiger partial charge >= 0.3 is 0 Å². The fraction of sp³-hybridized carbons (Fsp3) is 0.267. The van der Waals surface area contributed by atoms with Crippen LogP contribution in [0.15, 0.2) is 53.7 Å². The van der Waals surface area contributed by atoms with Crippen LogP contribution in [-0.2, 0) is 16.6 Å². The van der Waals surface area contributed by atoms with Crippen LogP contribution in [0.25, 0.3) is 0 Å². The number of hydrogen-bond acceptors (Lipinski definition) is 4. The van der Waals surface area contributed by atoms with Crippen LogP contribution in [0.5, 0.6) is 0 Å². The highest BCUT2D eigenvalue weighted by Crippen LogP contribution is 2.18. The quantitative estimate of drug-likeness (QED) is 0.831. The Morgan fingerprint density at radius 1 is 1.19 bits per heavy atom. The molecule has 1 aromatic heterocycles. The summed E-state index contributed by atoms with van der Waals surface area (Å²) in [5.74, 6) is 0. The molecular formula is C15H19N3O2S. The zero-order chi connectivity index (χ0) is 15.3. The predicted molar refractivity (Wildman–Crippen MR) is 83.0 cm³/mol. The number of sulfonamides is 1. The van der Waals surface area contributed by atoms with Gasteiger partial charge in [0.1, 0.15) is 4.90 Å². The lowest BCUT2D eigenvalue weighted by Crippen LogP contribution is -2.31. The molecule has 2 N–H and O–H groups in total. The topological polar surface area (TPSA) is 76.3 Å². The molecule has 2 rings (SSSR count). The van der Waals surface area contributed by atoms with Gasteiger partial charge in [-0.25, -0.2) is 8.42 Å². The maximum atomic E-state index is 12.7. The van der Waals surface area contributed by atoms with E-state index in [1.54, 1.807) is 30.5 Å². The predicted octanol–water partition coefficient (Wildman–Crippen LogP) is 2.26. The van der Waals surface area contributed by atoms with Crippen LogP contribution in [-0.4, -0.2) is 24.3 Å². The molecule has 21 heavy (non-hydrogen) atoms. The smallest absolute Gasteiger partial charge is 0.244 e. The van der Waals surface area contributed by atoms with Crippen molar-refractivity contribution in [2.24, 2.45) is 0 Å². The lowest BCUT2D eigenvalue weighted by Gasteiger charge is -2.21. The van der Waals surface area contributed by atoms with Crippen LogP contribution in [0.1, 0.15) is 18.9 Å². The van der Waals surface area contributed by atoms with Gasteiger partial charge in [0.15, 0.2) is 0 Å². The molecule has 0 atom stereocenters. The second-order valence-electron chi connectivity index (χ2n) is 4.77. The summed E-state index contributed by atoms with van der Waals surface area (Å²) in [5.41, 5.74) is 7.22. The Morgan fingerprint density at radius 3 is 2.48 bits per heavy atom. The van der Waals surface area contributed by atoms with Gasteiger partial charge in [0.05, 0.1) is 0 Å². The Hall–Kier alpha value is -1.92. The molecule has 1 heterocycles. The number of nitrogens with zero attached hydrogens (tertiary/aromatic N) is 2. The Kier molecular flexibility index (Phi) is 4.93. The minimum absolute atomic E-state index is 0.217. The summed E-state index contributed by atoms with van der Waals surface area (Å²) in [6.45, 7) is 2.74. The molecule has 0 unspecified atom stereocenters. The van der Waals surface area contributed by atoms with Crippen molar-refractivity contribution in [1.29, 1.82) is 0 Å². The Labute approximate surface area is 125 Å². The van der Waals surface area contributed by atoms with Gasteiger partial charge in [-0.15, -0.1) is 0 Å². The first-order valence-corrected chi connectivity index (χ1v) is 8.22. The highest BCUT2D eigenvalue weighted by molar-refractivity contribution is 7.89. The number of pyridine rings is 1. The van der Waals surface area contributed by atoms with Crippen molar-refractivity contribution in [3.63, 3.8) is 0 Å². The maximum Gasteiger partial charge on any atom is 0.244 e. The van der Waals surface area contributed by atoms with Gasteiger partial charge in [-0.05, 0) is 36.2 Å². The summed E-state index contributed by atoms with van der Waals surface area (Å²) >= 11 is 0. The van der Waals surface area contributed by atoms with E-state index < -0.39 is 10.0 Å². The van der Waals surface area contributed by atoms with Crippen molar-refractivity contribution in [3.05, 3.63) is 54.4 Å². The Morgan fingerprint density at radius 2 is 1.90 bits per heavy atom. The summed E-state index contributed by atoms with van der Waals surface area (Å²) in [6, 6.07) is 10.4. The number of rotatable bonds is 6. The van der Waals surface area contributed by atoms with E-state index >= 15 is 0 Å². The van der Waals surface area contributed by atoms with Gasteiger partial charge in [-0.2, -0.15) is 4.31 Å². The third-order valence-electron chi connectivity index (χ3n) is 3.08. The van der Waals surface area contributed by atoms with E-state index in [0.717, 1.165) is 12.0 Å². The summed E-state index contributed by atoms with van der Waals surface area (Å²) < 4.78 is 26.8. The molecule has 0 amide bonds. The summed E-state index contributed by atoms with van der Waals surface area (Å²) in [7, 11) is -3.53.